The van der Waals surface area contributed by atoms with Crippen LogP contribution in [0.4, 0.5) is 0 Å². The van der Waals surface area contributed by atoms with Crippen LogP contribution in [0.25, 0.3) is 0 Å². The van der Waals surface area contributed by atoms with Crippen LogP contribution >= 0.6 is 0 Å². The topological polar surface area (TPSA) is 12.4 Å². The Morgan fingerprint density at radius 1 is 1.33 bits per heavy atom. The lowest BCUT2D eigenvalue weighted by Crippen LogP contribution is -2.16. The van der Waals surface area contributed by atoms with Gasteiger partial charge in [-0.1, -0.05) is 13.3 Å². The van der Waals surface area contributed by atoms with Crippen molar-refractivity contribution in [2.24, 2.45) is 4.66 Å². The van der Waals surface area contributed by atoms with Crippen LogP contribution in [0, 0.1) is 0 Å². The quantitative estimate of drug-likeness (QED) is 0.425. The number of hydrogen-bond acceptors (Lipinski definition) is 1. The minimum atomic E-state index is -1.13. The number of rotatable bonds is 3. The Kier molecular flexibility index (Phi) is 3.78. The van der Waals surface area contributed by atoms with Gasteiger partial charge >= 0.3 is 0 Å². The molecule has 0 amide bonds. The van der Waals surface area contributed by atoms with E-state index in [0.717, 1.165) is 6.42 Å². The van der Waals surface area contributed by atoms with Crippen molar-refractivity contribution >= 4 is 14.5 Å². The summed E-state index contributed by atoms with van der Waals surface area (Å²) in [5.41, 5.74) is 0. The third-order valence-corrected chi connectivity index (χ3v) is 1.85. The molecule has 0 aliphatic rings. The minimum Gasteiger partial charge on any atom is -0.334 e. The molecule has 0 saturated heterocycles. The van der Waals surface area contributed by atoms with Crippen molar-refractivity contribution in [3.63, 3.8) is 0 Å². The lowest BCUT2D eigenvalue weighted by Gasteiger charge is -2.06. The van der Waals surface area contributed by atoms with Gasteiger partial charge in [0.15, 0.2) is 8.24 Å². The summed E-state index contributed by atoms with van der Waals surface area (Å²) < 4.78 is 4.46. The van der Waals surface area contributed by atoms with Gasteiger partial charge in [-0.25, -0.2) is 0 Å². The molecule has 0 N–H and O–H groups in total. The zero-order valence-electron chi connectivity index (χ0n) is 6.94. The molecule has 0 fully saturated rings. The molecule has 0 aliphatic carbocycles. The molecule has 9 heavy (non-hydrogen) atoms. The summed E-state index contributed by atoms with van der Waals surface area (Å²) in [6, 6.07) is 0. The van der Waals surface area contributed by atoms with Gasteiger partial charge in [0.2, 0.25) is 0 Å². The summed E-state index contributed by atoms with van der Waals surface area (Å²) in [7, 11) is -1.13. The third-order valence-electron chi connectivity index (χ3n) is 0.896. The molecule has 0 aromatic rings. The number of nitrogens with zero attached hydrogens (tertiary/aromatic N) is 1. The Labute approximate surface area is 59.3 Å². The van der Waals surface area contributed by atoms with E-state index in [1.165, 1.54) is 6.42 Å². The first-order chi connectivity index (χ1) is 4.06. The third kappa shape index (κ3) is 7.89. The van der Waals surface area contributed by atoms with Crippen molar-refractivity contribution in [1.29, 1.82) is 0 Å². The van der Waals surface area contributed by atoms with Gasteiger partial charge in [0.1, 0.15) is 0 Å². The van der Waals surface area contributed by atoms with Crippen molar-refractivity contribution < 1.29 is 0 Å². The number of unbranched alkanes of at least 4 members (excludes halogenated alkanes) is 1. The van der Waals surface area contributed by atoms with Gasteiger partial charge in [-0.15, -0.1) is 0 Å². The van der Waals surface area contributed by atoms with E-state index in [4.69, 9.17) is 0 Å². The lowest BCUT2D eigenvalue weighted by molar-refractivity contribution is 1.01. The maximum Gasteiger partial charge on any atom is 0.171 e. The maximum atomic E-state index is 4.46. The van der Waals surface area contributed by atoms with E-state index in [-0.39, 0.29) is 0 Å². The van der Waals surface area contributed by atoms with E-state index in [1.807, 2.05) is 0 Å². The number of hydrogen-bond donors (Lipinski definition) is 0. The normalized spacial score (nSPS) is 12.9. The predicted molar refractivity (Wildman–Crippen MR) is 46.7 cm³/mol. The molecule has 0 saturated carbocycles. The zero-order chi connectivity index (χ0) is 7.33. The van der Waals surface area contributed by atoms with E-state index >= 15 is 0 Å². The van der Waals surface area contributed by atoms with Gasteiger partial charge in [-0.2, -0.15) is 0 Å². The Hall–Kier alpha value is -0.113. The van der Waals surface area contributed by atoms with Crippen molar-refractivity contribution in [2.75, 3.05) is 0 Å². The van der Waals surface area contributed by atoms with E-state index < -0.39 is 8.24 Å². The smallest absolute Gasteiger partial charge is 0.171 e. The van der Waals surface area contributed by atoms with Gasteiger partial charge in [-0.3, -0.25) is 0 Å². The van der Waals surface area contributed by atoms with Crippen molar-refractivity contribution in [3.8, 4) is 0 Å². The molecule has 54 valence electrons. The first-order valence-electron chi connectivity index (χ1n) is 3.60. The SMILES string of the molecule is CCC/C=N/[Si](C)(C)C. The van der Waals surface area contributed by atoms with E-state index in [9.17, 15) is 0 Å². The predicted octanol–water partition coefficient (Wildman–Crippen LogP) is 2.69. The highest BCUT2D eigenvalue weighted by Gasteiger charge is 2.08. The van der Waals surface area contributed by atoms with Crippen molar-refractivity contribution in [3.05, 3.63) is 0 Å². The van der Waals surface area contributed by atoms with Gasteiger partial charge in [0, 0.05) is 0 Å². The molecule has 0 spiro atoms. The molecule has 2 heteroatoms. The monoisotopic (exact) mass is 143 g/mol. The molecule has 0 aliphatic heterocycles. The minimum absolute atomic E-state index is 1.13. The first-order valence-corrected chi connectivity index (χ1v) is 7.04. The fourth-order valence-corrected chi connectivity index (χ4v) is 1.14. The molecule has 0 rings (SSSR count). The van der Waals surface area contributed by atoms with Crippen LogP contribution in [0.5, 0.6) is 0 Å². The summed E-state index contributed by atoms with van der Waals surface area (Å²) in [6.07, 6.45) is 4.43. The van der Waals surface area contributed by atoms with Gasteiger partial charge < -0.3 is 4.66 Å². The fraction of sp³-hybridized carbons (Fsp3) is 0.857. The summed E-state index contributed by atoms with van der Waals surface area (Å²) in [5.74, 6) is 0. The van der Waals surface area contributed by atoms with Crippen LogP contribution in [-0.2, 0) is 0 Å². The second-order valence-electron chi connectivity index (χ2n) is 3.27. The maximum absolute atomic E-state index is 4.46. The molecule has 0 heterocycles. The molecular weight excluding hydrogens is 126 g/mol. The van der Waals surface area contributed by atoms with Crippen LogP contribution in [0.15, 0.2) is 4.66 Å². The zero-order valence-corrected chi connectivity index (χ0v) is 7.94. The molecule has 0 bridgehead atoms. The Morgan fingerprint density at radius 3 is 2.22 bits per heavy atom. The van der Waals surface area contributed by atoms with Crippen molar-refractivity contribution in [1.82, 2.24) is 0 Å². The molecule has 0 atom stereocenters. The van der Waals surface area contributed by atoms with E-state index in [1.54, 1.807) is 0 Å². The van der Waals surface area contributed by atoms with Crippen LogP contribution in [-0.4, -0.2) is 14.5 Å². The van der Waals surface area contributed by atoms with Crippen LogP contribution in [0.2, 0.25) is 19.6 Å². The second kappa shape index (κ2) is 3.83. The fourth-order valence-electron chi connectivity index (χ4n) is 0.468. The molecule has 0 radical (unpaired) electrons. The Bertz CT molecular complexity index is 91.6. The summed E-state index contributed by atoms with van der Waals surface area (Å²) in [5, 5.41) is 0. The van der Waals surface area contributed by atoms with Crippen LogP contribution < -0.4 is 0 Å². The molecule has 0 aromatic carbocycles. The van der Waals surface area contributed by atoms with Gasteiger partial charge in [0.25, 0.3) is 0 Å². The largest absolute Gasteiger partial charge is 0.334 e. The first kappa shape index (κ1) is 8.89. The van der Waals surface area contributed by atoms with Gasteiger partial charge in [-0.05, 0) is 32.3 Å². The highest BCUT2D eigenvalue weighted by atomic mass is 28.3. The average Bonchev–Trinajstić information content (AvgIpc) is 1.63. The standard InChI is InChI=1S/C7H17NSi/c1-5-6-7-8-9(2,3)4/h7H,5-6H2,1-4H3/b8-7+. The lowest BCUT2D eigenvalue weighted by atomic mass is 10.4. The van der Waals surface area contributed by atoms with Gasteiger partial charge in [0.05, 0.1) is 0 Å². The molecule has 0 aromatic heterocycles. The summed E-state index contributed by atoms with van der Waals surface area (Å²) >= 11 is 0. The molecule has 1 nitrogen and oxygen atoms in total. The highest BCUT2D eigenvalue weighted by molar-refractivity contribution is 6.75. The Balaban J connectivity index is 3.45. The van der Waals surface area contributed by atoms with Crippen molar-refractivity contribution in [2.45, 2.75) is 39.4 Å². The summed E-state index contributed by atoms with van der Waals surface area (Å²) in [6.45, 7) is 8.92. The summed E-state index contributed by atoms with van der Waals surface area (Å²) in [4.78, 5) is 0. The molecule has 0 unspecified atom stereocenters. The Morgan fingerprint density at radius 2 is 1.89 bits per heavy atom. The van der Waals surface area contributed by atoms with Crippen LogP contribution in [0.3, 0.4) is 0 Å². The molecular formula is C7H17NSi. The highest BCUT2D eigenvalue weighted by Crippen LogP contribution is 2.00. The van der Waals surface area contributed by atoms with E-state index in [2.05, 4.69) is 37.4 Å². The average molecular weight is 143 g/mol. The van der Waals surface area contributed by atoms with E-state index in [0.29, 0.717) is 0 Å². The van der Waals surface area contributed by atoms with Crippen LogP contribution in [0.1, 0.15) is 19.8 Å². The second-order valence-corrected chi connectivity index (χ2v) is 7.87.